The maximum atomic E-state index is 12.8. The van der Waals surface area contributed by atoms with E-state index in [4.69, 9.17) is 23.7 Å². The maximum Gasteiger partial charge on any atom is 0.342 e. The highest BCUT2D eigenvalue weighted by Crippen LogP contribution is 2.51. The molecule has 0 bridgehead atoms. The van der Waals surface area contributed by atoms with E-state index in [1.807, 2.05) is 24.3 Å². The summed E-state index contributed by atoms with van der Waals surface area (Å²) in [7, 11) is 3.03. The number of hydrogen-bond donors (Lipinski definition) is 1. The van der Waals surface area contributed by atoms with Gasteiger partial charge in [-0.15, -0.1) is 0 Å². The zero-order valence-corrected chi connectivity index (χ0v) is 23.2. The van der Waals surface area contributed by atoms with Crippen molar-refractivity contribution in [1.82, 2.24) is 0 Å². The molecule has 1 heterocycles. The first kappa shape index (κ1) is 28.3. The molecule has 0 aliphatic carbocycles. The van der Waals surface area contributed by atoms with Gasteiger partial charge in [0.2, 0.25) is 0 Å². The smallest absolute Gasteiger partial charge is 0.342 e. The number of aromatic hydroxyl groups is 1. The quantitative estimate of drug-likeness (QED) is 0.174. The molecule has 5 rings (SSSR count). The van der Waals surface area contributed by atoms with Crippen molar-refractivity contribution in [1.29, 1.82) is 0 Å². The first-order valence-corrected chi connectivity index (χ1v) is 13.4. The number of phenols is 1. The third-order valence-electron chi connectivity index (χ3n) is 6.94. The van der Waals surface area contributed by atoms with Crippen LogP contribution < -0.4 is 14.2 Å². The van der Waals surface area contributed by atoms with Gasteiger partial charge in [0.15, 0.2) is 23.0 Å². The molecule has 0 saturated carbocycles. The van der Waals surface area contributed by atoms with E-state index in [9.17, 15) is 14.7 Å². The van der Waals surface area contributed by atoms with E-state index in [0.29, 0.717) is 34.8 Å². The predicted octanol–water partition coefficient (Wildman–Crippen LogP) is 6.40. The van der Waals surface area contributed by atoms with Crippen LogP contribution in [0, 0.1) is 0 Å². The van der Waals surface area contributed by atoms with Crippen LogP contribution in [-0.2, 0) is 15.9 Å². The van der Waals surface area contributed by atoms with Crippen molar-refractivity contribution in [2.75, 3.05) is 20.8 Å². The highest BCUT2D eigenvalue weighted by Gasteiger charge is 2.39. The average molecular weight is 567 g/mol. The molecule has 8 nitrogen and oxygen atoms in total. The van der Waals surface area contributed by atoms with Crippen molar-refractivity contribution in [3.63, 3.8) is 0 Å². The van der Waals surface area contributed by atoms with E-state index in [2.05, 4.69) is 0 Å². The summed E-state index contributed by atoms with van der Waals surface area (Å²) in [6, 6.07) is 26.3. The standard InChI is InChI=1S/C34H30O8/c1-38-29-20-25(15-16-28(29)35)31-27(21-41-34(37)24-13-7-4-8-14-24)26-18-22(19-30(39-2)32(26)42-31)10-9-17-40-33(36)23-11-5-3-6-12-23/h3-9,11-20,27,31,35H,10,21H2,1-2H3/b17-9+. The number of carbonyl (C=O) groups is 2. The lowest BCUT2D eigenvalue weighted by molar-refractivity contribution is 0.0429. The summed E-state index contributed by atoms with van der Waals surface area (Å²) in [5.41, 5.74) is 3.32. The molecule has 0 saturated heterocycles. The Balaban J connectivity index is 1.41. The van der Waals surface area contributed by atoms with Crippen LogP contribution in [0.2, 0.25) is 0 Å². The molecule has 0 fully saturated rings. The number of allylic oxidation sites excluding steroid dienone is 1. The Bertz CT molecular complexity index is 1580. The second-order valence-electron chi connectivity index (χ2n) is 9.60. The van der Waals surface area contributed by atoms with Crippen LogP contribution in [0.5, 0.6) is 23.0 Å². The van der Waals surface area contributed by atoms with Gasteiger partial charge in [0.05, 0.1) is 37.5 Å². The number of phenolic OH excluding ortho intramolecular Hbond substituents is 1. The number of esters is 2. The zero-order valence-electron chi connectivity index (χ0n) is 23.2. The predicted molar refractivity (Wildman–Crippen MR) is 155 cm³/mol. The molecule has 1 aliphatic rings. The number of benzene rings is 4. The van der Waals surface area contributed by atoms with Crippen LogP contribution in [0.1, 0.15) is 49.4 Å². The lowest BCUT2D eigenvalue weighted by Gasteiger charge is -2.20. The highest BCUT2D eigenvalue weighted by molar-refractivity contribution is 5.90. The number of fused-ring (bicyclic) bond motifs is 1. The molecule has 1 aliphatic heterocycles. The second-order valence-corrected chi connectivity index (χ2v) is 9.60. The van der Waals surface area contributed by atoms with Gasteiger partial charge < -0.3 is 28.8 Å². The molecule has 8 heteroatoms. The Labute approximate surface area is 243 Å². The number of methoxy groups -OCH3 is 2. The summed E-state index contributed by atoms with van der Waals surface area (Å²) in [6.07, 6.45) is 3.00. The normalized spacial score (nSPS) is 15.5. The van der Waals surface area contributed by atoms with Gasteiger partial charge >= 0.3 is 11.9 Å². The molecule has 0 radical (unpaired) electrons. The van der Waals surface area contributed by atoms with E-state index >= 15 is 0 Å². The zero-order chi connectivity index (χ0) is 29.5. The summed E-state index contributed by atoms with van der Waals surface area (Å²) in [5, 5.41) is 10.1. The van der Waals surface area contributed by atoms with E-state index in [1.165, 1.54) is 19.4 Å². The molecule has 0 spiro atoms. The SMILES string of the molecule is COc1cc(C2Oc3c(OC)cc(C/C=C/OC(=O)c4ccccc4)cc3C2COC(=O)c2ccccc2)ccc1O. The molecule has 0 amide bonds. The van der Waals surface area contributed by atoms with E-state index in [1.54, 1.807) is 73.8 Å². The minimum absolute atomic E-state index is 0.00318. The average Bonchev–Trinajstić information content (AvgIpc) is 3.40. The summed E-state index contributed by atoms with van der Waals surface area (Å²) in [5.74, 6) is 0.0778. The fourth-order valence-electron chi connectivity index (χ4n) is 4.83. The van der Waals surface area contributed by atoms with Crippen LogP contribution in [-0.4, -0.2) is 37.9 Å². The van der Waals surface area contributed by atoms with E-state index in [0.717, 1.165) is 16.7 Å². The Morgan fingerprint density at radius 1 is 0.833 bits per heavy atom. The van der Waals surface area contributed by atoms with E-state index < -0.39 is 24.0 Å². The molecule has 0 aromatic heterocycles. The Kier molecular flexibility index (Phi) is 8.72. The lowest BCUT2D eigenvalue weighted by atomic mass is 9.90. The van der Waals surface area contributed by atoms with Gasteiger partial charge in [-0.1, -0.05) is 48.5 Å². The molecule has 42 heavy (non-hydrogen) atoms. The third kappa shape index (κ3) is 6.23. The minimum Gasteiger partial charge on any atom is -0.504 e. The van der Waals surface area contributed by atoms with Crippen LogP contribution in [0.3, 0.4) is 0 Å². The van der Waals surface area contributed by atoms with Gasteiger partial charge in [0.25, 0.3) is 0 Å². The highest BCUT2D eigenvalue weighted by atomic mass is 16.5. The molecule has 2 unspecified atom stereocenters. The molecule has 214 valence electrons. The summed E-state index contributed by atoms with van der Waals surface area (Å²) in [6.45, 7) is 0.0335. The minimum atomic E-state index is -0.551. The first-order chi connectivity index (χ1) is 20.5. The van der Waals surface area contributed by atoms with Crippen molar-refractivity contribution < 1.29 is 38.4 Å². The second kappa shape index (κ2) is 13.0. The van der Waals surface area contributed by atoms with Crippen LogP contribution >= 0.6 is 0 Å². The molecule has 4 aromatic carbocycles. The molecule has 1 N–H and O–H groups in total. The van der Waals surface area contributed by atoms with Gasteiger partial charge in [-0.2, -0.15) is 0 Å². The van der Waals surface area contributed by atoms with Crippen molar-refractivity contribution in [3.8, 4) is 23.0 Å². The fourth-order valence-corrected chi connectivity index (χ4v) is 4.83. The van der Waals surface area contributed by atoms with Gasteiger partial charge in [-0.25, -0.2) is 9.59 Å². The maximum absolute atomic E-state index is 12.8. The molecule has 2 atom stereocenters. The van der Waals surface area contributed by atoms with Gasteiger partial charge in [-0.05, 0) is 66.1 Å². The number of hydrogen-bond acceptors (Lipinski definition) is 8. The van der Waals surface area contributed by atoms with Gasteiger partial charge in [-0.3, -0.25) is 0 Å². The fraction of sp³-hybridized carbons (Fsp3) is 0.176. The Morgan fingerprint density at radius 2 is 1.50 bits per heavy atom. The van der Waals surface area contributed by atoms with Gasteiger partial charge in [0.1, 0.15) is 12.7 Å². The van der Waals surface area contributed by atoms with Crippen molar-refractivity contribution in [3.05, 3.63) is 131 Å². The Morgan fingerprint density at radius 3 is 2.17 bits per heavy atom. The third-order valence-corrected chi connectivity index (χ3v) is 6.94. The Hall–Kier alpha value is -5.24. The van der Waals surface area contributed by atoms with Crippen LogP contribution in [0.25, 0.3) is 0 Å². The lowest BCUT2D eigenvalue weighted by Crippen LogP contribution is -2.18. The molecule has 4 aromatic rings. The topological polar surface area (TPSA) is 101 Å². The number of carbonyl (C=O) groups excluding carboxylic acids is 2. The molecular weight excluding hydrogens is 536 g/mol. The monoisotopic (exact) mass is 566 g/mol. The van der Waals surface area contributed by atoms with Crippen molar-refractivity contribution in [2.45, 2.75) is 18.4 Å². The van der Waals surface area contributed by atoms with Gasteiger partial charge in [0, 0.05) is 5.56 Å². The van der Waals surface area contributed by atoms with E-state index in [-0.39, 0.29) is 12.4 Å². The van der Waals surface area contributed by atoms with Crippen LogP contribution in [0.15, 0.2) is 103 Å². The van der Waals surface area contributed by atoms with Crippen molar-refractivity contribution >= 4 is 11.9 Å². The summed E-state index contributed by atoms with van der Waals surface area (Å²) in [4.78, 5) is 25.1. The number of ether oxygens (including phenoxy) is 5. The number of rotatable bonds is 10. The summed E-state index contributed by atoms with van der Waals surface area (Å²) < 4.78 is 28.5. The van der Waals surface area contributed by atoms with Crippen molar-refractivity contribution in [2.24, 2.45) is 0 Å². The first-order valence-electron chi connectivity index (χ1n) is 13.4. The summed E-state index contributed by atoms with van der Waals surface area (Å²) >= 11 is 0. The molecular formula is C34H30O8. The largest absolute Gasteiger partial charge is 0.504 e. The van der Waals surface area contributed by atoms with Crippen LogP contribution in [0.4, 0.5) is 0 Å².